The van der Waals surface area contributed by atoms with Crippen molar-refractivity contribution >= 4 is 23.9 Å². The Morgan fingerprint density at radius 3 is 2.57 bits per heavy atom. The van der Waals surface area contributed by atoms with Gasteiger partial charge in [0.25, 0.3) is 0 Å². The van der Waals surface area contributed by atoms with E-state index in [2.05, 4.69) is 0 Å². The Hall–Kier alpha value is -3.74. The predicted molar refractivity (Wildman–Crippen MR) is 101 cm³/mol. The molecular formula is C21H18O7. The van der Waals surface area contributed by atoms with Crippen LogP contribution in [0.1, 0.15) is 11.1 Å². The van der Waals surface area contributed by atoms with E-state index in [4.69, 9.17) is 18.9 Å². The lowest BCUT2D eigenvalue weighted by molar-refractivity contribution is -0.141. The lowest BCUT2D eigenvalue weighted by Gasteiger charge is -2.03. The molecule has 1 aliphatic heterocycles. The van der Waals surface area contributed by atoms with E-state index in [1.54, 1.807) is 42.5 Å². The molecule has 2 aromatic carbocycles. The largest absolute Gasteiger partial charge is 0.504 e. The van der Waals surface area contributed by atoms with Crippen molar-refractivity contribution in [2.24, 2.45) is 0 Å². The summed E-state index contributed by atoms with van der Waals surface area (Å²) in [5, 5.41) is 9.54. The molecule has 28 heavy (non-hydrogen) atoms. The maximum atomic E-state index is 11.8. The summed E-state index contributed by atoms with van der Waals surface area (Å²) in [6.45, 7) is -0.201. The van der Waals surface area contributed by atoms with Crippen LogP contribution in [0.3, 0.4) is 0 Å². The molecule has 0 saturated heterocycles. The van der Waals surface area contributed by atoms with E-state index in [1.807, 2.05) is 0 Å². The summed E-state index contributed by atoms with van der Waals surface area (Å²) in [5.74, 6) is 0.566. The zero-order valence-electron chi connectivity index (χ0n) is 15.1. The first-order valence-electron chi connectivity index (χ1n) is 8.37. The number of methoxy groups -OCH3 is 1. The number of benzene rings is 2. The highest BCUT2D eigenvalue weighted by Gasteiger charge is 2.12. The molecule has 0 spiro atoms. The smallest absolute Gasteiger partial charge is 0.331 e. The van der Waals surface area contributed by atoms with Gasteiger partial charge in [-0.2, -0.15) is 0 Å². The number of fused-ring (bicyclic) bond motifs is 1. The summed E-state index contributed by atoms with van der Waals surface area (Å²) in [4.78, 5) is 23.6. The number of phenols is 1. The summed E-state index contributed by atoms with van der Waals surface area (Å²) in [6, 6.07) is 9.94. The molecule has 0 radical (unpaired) electrons. The Kier molecular flexibility index (Phi) is 5.96. The molecule has 7 nitrogen and oxygen atoms in total. The second-order valence-corrected chi connectivity index (χ2v) is 5.78. The SMILES string of the molecule is COc1cc(/C=C/C(=O)COC(=O)/C=C/c2ccc3c(c2)OCO3)ccc1O. The van der Waals surface area contributed by atoms with Crippen molar-refractivity contribution in [3.8, 4) is 23.0 Å². The predicted octanol–water partition coefficient (Wildman–Crippen LogP) is 2.97. The van der Waals surface area contributed by atoms with Crippen molar-refractivity contribution in [3.05, 3.63) is 59.7 Å². The van der Waals surface area contributed by atoms with Crippen LogP contribution in [0.4, 0.5) is 0 Å². The van der Waals surface area contributed by atoms with Crippen LogP contribution in [-0.4, -0.2) is 37.4 Å². The highest BCUT2D eigenvalue weighted by molar-refractivity contribution is 5.96. The Morgan fingerprint density at radius 1 is 1.04 bits per heavy atom. The van der Waals surface area contributed by atoms with Gasteiger partial charge in [-0.25, -0.2) is 4.79 Å². The van der Waals surface area contributed by atoms with Crippen LogP contribution < -0.4 is 14.2 Å². The molecular weight excluding hydrogens is 364 g/mol. The molecule has 1 heterocycles. The number of carbonyl (C=O) groups excluding carboxylic acids is 2. The van der Waals surface area contributed by atoms with Crippen LogP contribution in [0, 0.1) is 0 Å². The van der Waals surface area contributed by atoms with Gasteiger partial charge in [-0.1, -0.05) is 18.2 Å². The van der Waals surface area contributed by atoms with Gasteiger partial charge in [-0.15, -0.1) is 0 Å². The first-order valence-corrected chi connectivity index (χ1v) is 8.37. The third-order valence-electron chi connectivity index (χ3n) is 3.83. The van der Waals surface area contributed by atoms with Gasteiger partial charge >= 0.3 is 5.97 Å². The normalized spacial score (nSPS) is 12.5. The number of ether oxygens (including phenoxy) is 4. The molecule has 0 atom stereocenters. The molecule has 144 valence electrons. The molecule has 0 bridgehead atoms. The lowest BCUT2D eigenvalue weighted by atomic mass is 10.1. The van der Waals surface area contributed by atoms with Crippen molar-refractivity contribution in [2.45, 2.75) is 0 Å². The number of aromatic hydroxyl groups is 1. The Balaban J connectivity index is 1.49. The summed E-state index contributed by atoms with van der Waals surface area (Å²) < 4.78 is 20.4. The monoisotopic (exact) mass is 382 g/mol. The second-order valence-electron chi connectivity index (χ2n) is 5.78. The molecule has 1 aliphatic rings. The van der Waals surface area contributed by atoms with E-state index in [-0.39, 0.29) is 24.9 Å². The minimum absolute atomic E-state index is 0.00848. The molecule has 0 unspecified atom stereocenters. The molecule has 0 fully saturated rings. The zero-order valence-corrected chi connectivity index (χ0v) is 15.1. The summed E-state index contributed by atoms with van der Waals surface area (Å²) in [7, 11) is 1.43. The van der Waals surface area contributed by atoms with E-state index >= 15 is 0 Å². The van der Waals surface area contributed by atoms with E-state index in [0.717, 1.165) is 5.56 Å². The van der Waals surface area contributed by atoms with Crippen LogP contribution >= 0.6 is 0 Å². The first kappa shape index (κ1) is 19.0. The maximum Gasteiger partial charge on any atom is 0.331 e. The molecule has 7 heteroatoms. The number of rotatable bonds is 7. The summed E-state index contributed by atoms with van der Waals surface area (Å²) >= 11 is 0. The number of hydrogen-bond acceptors (Lipinski definition) is 7. The van der Waals surface area contributed by atoms with E-state index < -0.39 is 5.97 Å². The van der Waals surface area contributed by atoms with Crippen LogP contribution in [0.25, 0.3) is 12.2 Å². The van der Waals surface area contributed by atoms with Gasteiger partial charge in [-0.3, -0.25) is 4.79 Å². The number of hydrogen-bond donors (Lipinski definition) is 1. The van der Waals surface area contributed by atoms with Gasteiger partial charge in [0.2, 0.25) is 6.79 Å². The van der Waals surface area contributed by atoms with Gasteiger partial charge in [-0.05, 0) is 47.5 Å². The van der Waals surface area contributed by atoms with Crippen molar-refractivity contribution < 1.29 is 33.6 Å². The second kappa shape index (κ2) is 8.77. The number of phenolic OH excluding ortho intramolecular Hbond substituents is 1. The standard InChI is InChI=1S/C21H18O7/c1-25-19-10-14(3-7-17(19)23)2-6-16(22)12-26-21(24)9-5-15-4-8-18-20(11-15)28-13-27-18/h2-11,23H,12-13H2,1H3/b6-2+,9-5+. The van der Waals surface area contributed by atoms with Crippen molar-refractivity contribution in [1.82, 2.24) is 0 Å². The van der Waals surface area contributed by atoms with Crippen molar-refractivity contribution in [1.29, 1.82) is 0 Å². The van der Waals surface area contributed by atoms with Gasteiger partial charge in [0.05, 0.1) is 7.11 Å². The van der Waals surface area contributed by atoms with Crippen LogP contribution in [0.15, 0.2) is 48.6 Å². The van der Waals surface area contributed by atoms with E-state index in [0.29, 0.717) is 22.8 Å². The number of esters is 1. The Bertz CT molecular complexity index is 911. The number of carbonyl (C=O) groups is 2. The number of ketones is 1. The molecule has 0 saturated carbocycles. The average Bonchev–Trinajstić information content (AvgIpc) is 3.18. The fraction of sp³-hybridized carbons (Fsp3) is 0.143. The quantitative estimate of drug-likeness (QED) is 0.581. The molecule has 1 N–H and O–H groups in total. The first-order chi connectivity index (χ1) is 13.5. The highest BCUT2D eigenvalue weighted by atomic mass is 16.7. The van der Waals surface area contributed by atoms with Crippen molar-refractivity contribution in [3.63, 3.8) is 0 Å². The van der Waals surface area contributed by atoms with Gasteiger partial charge in [0.15, 0.2) is 35.4 Å². The average molecular weight is 382 g/mol. The zero-order chi connectivity index (χ0) is 19.9. The summed E-state index contributed by atoms with van der Waals surface area (Å²) in [6.07, 6.45) is 5.63. The summed E-state index contributed by atoms with van der Waals surface area (Å²) in [5.41, 5.74) is 1.41. The highest BCUT2D eigenvalue weighted by Crippen LogP contribution is 2.32. The maximum absolute atomic E-state index is 11.8. The molecule has 0 aromatic heterocycles. The molecule has 2 aromatic rings. The van der Waals surface area contributed by atoms with Gasteiger partial charge in [0.1, 0.15) is 0 Å². The molecule has 0 aliphatic carbocycles. The minimum Gasteiger partial charge on any atom is -0.504 e. The van der Waals surface area contributed by atoms with E-state index in [1.165, 1.54) is 25.3 Å². The lowest BCUT2D eigenvalue weighted by Crippen LogP contribution is -2.09. The van der Waals surface area contributed by atoms with E-state index in [9.17, 15) is 14.7 Å². The Morgan fingerprint density at radius 2 is 1.75 bits per heavy atom. The topological polar surface area (TPSA) is 91.3 Å². The van der Waals surface area contributed by atoms with Gasteiger partial charge < -0.3 is 24.1 Å². The fourth-order valence-corrected chi connectivity index (χ4v) is 2.41. The van der Waals surface area contributed by atoms with Gasteiger partial charge in [0, 0.05) is 6.08 Å². The van der Waals surface area contributed by atoms with Crippen LogP contribution in [-0.2, 0) is 14.3 Å². The Labute approximate surface area is 161 Å². The van der Waals surface area contributed by atoms with Crippen LogP contribution in [0.5, 0.6) is 23.0 Å². The third kappa shape index (κ3) is 4.91. The van der Waals surface area contributed by atoms with Crippen molar-refractivity contribution in [2.75, 3.05) is 20.5 Å². The third-order valence-corrected chi connectivity index (χ3v) is 3.83. The molecule has 0 amide bonds. The minimum atomic E-state index is -0.634. The molecule has 3 rings (SSSR count). The van der Waals surface area contributed by atoms with Crippen LogP contribution in [0.2, 0.25) is 0 Å². The fourth-order valence-electron chi connectivity index (χ4n) is 2.41.